The van der Waals surface area contributed by atoms with Gasteiger partial charge in [-0.3, -0.25) is 0 Å². The van der Waals surface area contributed by atoms with Crippen LogP contribution in [0.5, 0.6) is 0 Å². The molecule has 110 valence electrons. The maximum Gasteiger partial charge on any atom is 0.0692 e. The van der Waals surface area contributed by atoms with E-state index in [9.17, 15) is 5.11 Å². The number of aliphatic hydroxyl groups is 1. The van der Waals surface area contributed by atoms with Crippen LogP contribution in [0.25, 0.3) is 0 Å². The molecule has 0 aliphatic carbocycles. The number of hydrogen-bond acceptors (Lipinski definition) is 2. The standard InChI is InChI=1S/C16H35NO/c1-7-14(8-2)16(18)11-17-15(9-12(3)4)10-13(5)6/h12-18H,7-11H2,1-6H3. The van der Waals surface area contributed by atoms with Crippen molar-refractivity contribution >= 4 is 0 Å². The summed E-state index contributed by atoms with van der Waals surface area (Å²) in [6, 6.07) is 0.550. The Morgan fingerprint density at radius 3 is 1.67 bits per heavy atom. The second-order valence-electron chi connectivity index (χ2n) is 6.51. The van der Waals surface area contributed by atoms with Crippen LogP contribution in [-0.4, -0.2) is 23.8 Å². The lowest BCUT2D eigenvalue weighted by Crippen LogP contribution is -2.40. The summed E-state index contributed by atoms with van der Waals surface area (Å²) in [6.07, 6.45) is 4.35. The van der Waals surface area contributed by atoms with E-state index in [1.165, 1.54) is 12.8 Å². The van der Waals surface area contributed by atoms with E-state index in [0.717, 1.165) is 19.4 Å². The third kappa shape index (κ3) is 8.10. The lowest BCUT2D eigenvalue weighted by atomic mass is 9.93. The van der Waals surface area contributed by atoms with E-state index in [1.54, 1.807) is 0 Å². The fourth-order valence-corrected chi connectivity index (χ4v) is 2.69. The molecular formula is C16H35NO. The first kappa shape index (κ1) is 17.9. The van der Waals surface area contributed by atoms with Gasteiger partial charge in [0.05, 0.1) is 6.10 Å². The average molecular weight is 257 g/mol. The first-order valence-corrected chi connectivity index (χ1v) is 7.82. The van der Waals surface area contributed by atoms with Gasteiger partial charge >= 0.3 is 0 Å². The summed E-state index contributed by atoms with van der Waals surface area (Å²) in [4.78, 5) is 0. The van der Waals surface area contributed by atoms with Gasteiger partial charge in [0.15, 0.2) is 0 Å². The first-order valence-electron chi connectivity index (χ1n) is 7.82. The van der Waals surface area contributed by atoms with Crippen molar-refractivity contribution in [1.29, 1.82) is 0 Å². The number of nitrogens with one attached hydrogen (secondary N) is 1. The highest BCUT2D eigenvalue weighted by Crippen LogP contribution is 2.16. The monoisotopic (exact) mass is 257 g/mol. The molecular weight excluding hydrogens is 222 g/mol. The van der Waals surface area contributed by atoms with Crippen molar-refractivity contribution in [2.75, 3.05) is 6.54 Å². The molecule has 0 saturated carbocycles. The van der Waals surface area contributed by atoms with Gasteiger partial charge in [0.25, 0.3) is 0 Å². The molecule has 0 bridgehead atoms. The molecule has 0 spiro atoms. The van der Waals surface area contributed by atoms with E-state index in [1.807, 2.05) is 0 Å². The SMILES string of the molecule is CCC(CC)C(O)CNC(CC(C)C)CC(C)C. The lowest BCUT2D eigenvalue weighted by Gasteiger charge is -2.26. The summed E-state index contributed by atoms with van der Waals surface area (Å²) < 4.78 is 0. The van der Waals surface area contributed by atoms with Crippen LogP contribution in [0.15, 0.2) is 0 Å². The maximum absolute atomic E-state index is 10.2. The van der Waals surface area contributed by atoms with Gasteiger partial charge in [0, 0.05) is 12.6 Å². The highest BCUT2D eigenvalue weighted by Gasteiger charge is 2.18. The van der Waals surface area contributed by atoms with Crippen molar-refractivity contribution in [2.45, 2.75) is 79.4 Å². The Morgan fingerprint density at radius 1 is 0.889 bits per heavy atom. The Balaban J connectivity index is 4.15. The lowest BCUT2D eigenvalue weighted by molar-refractivity contribution is 0.0961. The second-order valence-corrected chi connectivity index (χ2v) is 6.51. The largest absolute Gasteiger partial charge is 0.392 e. The van der Waals surface area contributed by atoms with Crippen LogP contribution in [0.4, 0.5) is 0 Å². The zero-order valence-corrected chi connectivity index (χ0v) is 13.4. The average Bonchev–Trinajstić information content (AvgIpc) is 2.26. The molecule has 2 nitrogen and oxygen atoms in total. The molecule has 0 aliphatic heterocycles. The van der Waals surface area contributed by atoms with Gasteiger partial charge in [0.1, 0.15) is 0 Å². The molecule has 0 rings (SSSR count). The molecule has 0 radical (unpaired) electrons. The van der Waals surface area contributed by atoms with Crippen molar-refractivity contribution in [1.82, 2.24) is 5.32 Å². The van der Waals surface area contributed by atoms with Gasteiger partial charge in [-0.05, 0) is 30.6 Å². The third-order valence-corrected chi connectivity index (χ3v) is 3.72. The van der Waals surface area contributed by atoms with Crippen molar-refractivity contribution in [2.24, 2.45) is 17.8 Å². The van der Waals surface area contributed by atoms with E-state index in [4.69, 9.17) is 0 Å². The molecule has 2 N–H and O–H groups in total. The van der Waals surface area contributed by atoms with Gasteiger partial charge in [-0.15, -0.1) is 0 Å². The first-order chi connectivity index (χ1) is 8.40. The van der Waals surface area contributed by atoms with Crippen molar-refractivity contribution < 1.29 is 5.11 Å². The number of hydrogen-bond donors (Lipinski definition) is 2. The summed E-state index contributed by atoms with van der Waals surface area (Å²) in [5.74, 6) is 1.87. The number of aliphatic hydroxyl groups excluding tert-OH is 1. The molecule has 18 heavy (non-hydrogen) atoms. The van der Waals surface area contributed by atoms with Crippen molar-refractivity contribution in [3.05, 3.63) is 0 Å². The molecule has 0 aliphatic rings. The predicted molar refractivity (Wildman–Crippen MR) is 80.8 cm³/mol. The molecule has 1 atom stereocenters. The van der Waals surface area contributed by atoms with Gasteiger partial charge in [-0.1, -0.05) is 54.4 Å². The Kier molecular flexibility index (Phi) is 9.76. The van der Waals surface area contributed by atoms with Crippen molar-refractivity contribution in [3.63, 3.8) is 0 Å². The van der Waals surface area contributed by atoms with Gasteiger partial charge < -0.3 is 10.4 Å². The summed E-state index contributed by atoms with van der Waals surface area (Å²) in [6.45, 7) is 14.2. The van der Waals surface area contributed by atoms with E-state index in [-0.39, 0.29) is 6.10 Å². The van der Waals surface area contributed by atoms with Crippen LogP contribution in [0.3, 0.4) is 0 Å². The van der Waals surface area contributed by atoms with Gasteiger partial charge in [0.2, 0.25) is 0 Å². The predicted octanol–water partition coefficient (Wildman–Crippen LogP) is 3.83. The Bertz CT molecular complexity index is 178. The molecule has 0 aromatic rings. The fourth-order valence-electron chi connectivity index (χ4n) is 2.69. The van der Waals surface area contributed by atoms with Crippen LogP contribution in [0, 0.1) is 17.8 Å². The van der Waals surface area contributed by atoms with Crippen LogP contribution >= 0.6 is 0 Å². The summed E-state index contributed by atoms with van der Waals surface area (Å²) >= 11 is 0. The van der Waals surface area contributed by atoms with Crippen molar-refractivity contribution in [3.8, 4) is 0 Å². The zero-order valence-electron chi connectivity index (χ0n) is 13.4. The van der Waals surface area contributed by atoms with E-state index < -0.39 is 0 Å². The molecule has 0 aromatic carbocycles. The Labute approximate surface area is 115 Å². The minimum Gasteiger partial charge on any atom is -0.392 e. The van der Waals surface area contributed by atoms with Crippen LogP contribution in [0.2, 0.25) is 0 Å². The fraction of sp³-hybridized carbons (Fsp3) is 1.00. The molecule has 0 aromatic heterocycles. The molecule has 0 saturated heterocycles. The Hall–Kier alpha value is -0.0800. The Morgan fingerprint density at radius 2 is 1.33 bits per heavy atom. The minimum atomic E-state index is -0.193. The molecule has 0 fully saturated rings. The molecule has 1 unspecified atom stereocenters. The second kappa shape index (κ2) is 9.80. The topological polar surface area (TPSA) is 32.3 Å². The minimum absolute atomic E-state index is 0.193. The normalized spacial score (nSPS) is 14.2. The highest BCUT2D eigenvalue weighted by atomic mass is 16.3. The third-order valence-electron chi connectivity index (χ3n) is 3.72. The molecule has 0 amide bonds. The summed E-state index contributed by atoms with van der Waals surface area (Å²) in [5, 5.41) is 13.7. The smallest absolute Gasteiger partial charge is 0.0692 e. The van der Waals surface area contributed by atoms with Crippen LogP contribution in [0.1, 0.15) is 67.2 Å². The van der Waals surface area contributed by atoms with Gasteiger partial charge in [-0.2, -0.15) is 0 Å². The van der Waals surface area contributed by atoms with Crippen LogP contribution < -0.4 is 5.32 Å². The highest BCUT2D eigenvalue weighted by molar-refractivity contribution is 4.75. The maximum atomic E-state index is 10.2. The zero-order chi connectivity index (χ0) is 14.1. The number of rotatable bonds is 10. The molecule has 0 heterocycles. The molecule has 2 heteroatoms. The van der Waals surface area contributed by atoms with E-state index in [2.05, 4.69) is 46.9 Å². The summed E-state index contributed by atoms with van der Waals surface area (Å²) in [5.41, 5.74) is 0. The van der Waals surface area contributed by atoms with Gasteiger partial charge in [-0.25, -0.2) is 0 Å². The van der Waals surface area contributed by atoms with Crippen LogP contribution in [-0.2, 0) is 0 Å². The summed E-state index contributed by atoms with van der Waals surface area (Å²) in [7, 11) is 0. The van der Waals surface area contributed by atoms with E-state index in [0.29, 0.717) is 23.8 Å². The van der Waals surface area contributed by atoms with E-state index >= 15 is 0 Å². The quantitative estimate of drug-likeness (QED) is 0.623.